The van der Waals surface area contributed by atoms with Crippen LogP contribution in [0, 0.1) is 4.91 Å². The minimum atomic E-state index is -0.928. The normalized spacial score (nSPS) is 14.3. The van der Waals surface area contributed by atoms with Crippen LogP contribution in [0.1, 0.15) is 63.7 Å². The summed E-state index contributed by atoms with van der Waals surface area (Å²) >= 11 is 5.93. The first-order valence-electron chi connectivity index (χ1n) is 6.33. The van der Waals surface area contributed by atoms with Gasteiger partial charge >= 0.3 is 0 Å². The highest BCUT2D eigenvalue weighted by Crippen LogP contribution is 2.41. The van der Waals surface area contributed by atoms with Crippen LogP contribution in [-0.2, 0) is 10.8 Å². The van der Waals surface area contributed by atoms with Crippen LogP contribution in [0.3, 0.4) is 0 Å². The fraction of sp³-hybridized carbons (Fsp3) is 0.600. The Hall–Kier alpha value is -1.09. The number of hydrogen-bond acceptors (Lipinski definition) is 3. The number of phenols is 1. The highest BCUT2D eigenvalue weighted by atomic mass is 35.5. The molecule has 0 aromatic heterocycles. The molecule has 106 valence electrons. The van der Waals surface area contributed by atoms with Crippen molar-refractivity contribution in [2.24, 2.45) is 5.18 Å². The molecule has 0 spiro atoms. The number of rotatable bonds is 2. The van der Waals surface area contributed by atoms with E-state index in [-0.39, 0.29) is 16.6 Å². The summed E-state index contributed by atoms with van der Waals surface area (Å²) in [6.07, 6.45) is 0. The highest BCUT2D eigenvalue weighted by Gasteiger charge is 2.27. The molecule has 0 radical (unpaired) electrons. The molecule has 3 nitrogen and oxygen atoms in total. The van der Waals surface area contributed by atoms with Crippen LogP contribution < -0.4 is 0 Å². The Bertz CT molecular complexity index is 449. The molecular formula is C15H22ClNO2. The number of nitroso groups, excluding NO2 is 1. The highest BCUT2D eigenvalue weighted by molar-refractivity contribution is 6.20. The third-order valence-electron chi connectivity index (χ3n) is 3.12. The summed E-state index contributed by atoms with van der Waals surface area (Å²) in [5.41, 5.74) is 0.791. The summed E-state index contributed by atoms with van der Waals surface area (Å²) in [6, 6.07) is 3.54. The molecule has 4 heteroatoms. The second-order valence-electron chi connectivity index (χ2n) is 6.91. The first kappa shape index (κ1) is 16.0. The molecule has 19 heavy (non-hydrogen) atoms. The first-order chi connectivity index (χ1) is 8.48. The van der Waals surface area contributed by atoms with E-state index >= 15 is 0 Å². The molecule has 0 saturated heterocycles. The van der Waals surface area contributed by atoms with E-state index in [2.05, 4.69) is 5.18 Å². The Morgan fingerprint density at radius 1 is 1.05 bits per heavy atom. The minimum Gasteiger partial charge on any atom is -0.507 e. The monoisotopic (exact) mass is 283 g/mol. The lowest BCUT2D eigenvalue weighted by atomic mass is 9.78. The van der Waals surface area contributed by atoms with Gasteiger partial charge in [0.1, 0.15) is 5.75 Å². The predicted molar refractivity (Wildman–Crippen MR) is 79.9 cm³/mol. The Balaban J connectivity index is 3.62. The van der Waals surface area contributed by atoms with Crippen LogP contribution in [0.4, 0.5) is 0 Å². The average Bonchev–Trinajstić information content (AvgIpc) is 2.25. The SMILES string of the molecule is CC(C)(C)c1cc(C(Cl)N=O)cc(C(C)(C)C)c1O. The first-order valence-corrected chi connectivity index (χ1v) is 6.76. The summed E-state index contributed by atoms with van der Waals surface area (Å²) in [6.45, 7) is 12.1. The molecule has 0 bridgehead atoms. The zero-order valence-corrected chi connectivity index (χ0v) is 13.2. The van der Waals surface area contributed by atoms with E-state index in [0.717, 1.165) is 11.1 Å². The van der Waals surface area contributed by atoms with Gasteiger partial charge in [-0.25, -0.2) is 0 Å². The molecule has 1 rings (SSSR count). The molecule has 0 aliphatic carbocycles. The van der Waals surface area contributed by atoms with Crippen molar-refractivity contribution in [1.29, 1.82) is 0 Å². The molecule has 1 aromatic carbocycles. The van der Waals surface area contributed by atoms with Crippen molar-refractivity contribution in [2.45, 2.75) is 57.9 Å². The molecule has 0 aliphatic heterocycles. The van der Waals surface area contributed by atoms with Crippen molar-refractivity contribution in [2.75, 3.05) is 0 Å². The Kier molecular flexibility index (Phi) is 4.30. The maximum absolute atomic E-state index is 10.7. The van der Waals surface area contributed by atoms with Crippen molar-refractivity contribution in [3.63, 3.8) is 0 Å². The smallest absolute Gasteiger partial charge is 0.190 e. The van der Waals surface area contributed by atoms with Gasteiger partial charge in [-0.15, -0.1) is 4.91 Å². The number of hydrogen-bond donors (Lipinski definition) is 1. The third kappa shape index (κ3) is 3.47. The van der Waals surface area contributed by atoms with Crippen LogP contribution >= 0.6 is 11.6 Å². The Morgan fingerprint density at radius 2 is 1.42 bits per heavy atom. The molecule has 0 amide bonds. The molecule has 1 N–H and O–H groups in total. The van der Waals surface area contributed by atoms with Crippen molar-refractivity contribution in [3.05, 3.63) is 33.7 Å². The zero-order valence-electron chi connectivity index (χ0n) is 12.4. The largest absolute Gasteiger partial charge is 0.507 e. The van der Waals surface area contributed by atoms with E-state index in [1.54, 1.807) is 12.1 Å². The van der Waals surface area contributed by atoms with Crippen molar-refractivity contribution >= 4 is 11.6 Å². The van der Waals surface area contributed by atoms with Gasteiger partial charge in [-0.2, -0.15) is 0 Å². The van der Waals surface area contributed by atoms with E-state index in [1.165, 1.54) is 0 Å². The summed E-state index contributed by atoms with van der Waals surface area (Å²) in [4.78, 5) is 10.7. The summed E-state index contributed by atoms with van der Waals surface area (Å²) in [5.74, 6) is 0.276. The molecule has 0 fully saturated rings. The van der Waals surface area contributed by atoms with E-state index in [0.29, 0.717) is 5.56 Å². The minimum absolute atomic E-state index is 0.237. The second-order valence-corrected chi connectivity index (χ2v) is 7.32. The zero-order chi connectivity index (χ0) is 15.0. The van der Waals surface area contributed by atoms with Gasteiger partial charge in [-0.05, 0) is 44.8 Å². The molecule has 0 aliphatic rings. The lowest BCUT2D eigenvalue weighted by Gasteiger charge is -2.28. The summed E-state index contributed by atoms with van der Waals surface area (Å²) in [7, 11) is 0. The molecule has 1 unspecified atom stereocenters. The predicted octanol–water partition coefficient (Wildman–Crippen LogP) is 4.99. The van der Waals surface area contributed by atoms with Gasteiger partial charge in [0.15, 0.2) is 5.50 Å². The van der Waals surface area contributed by atoms with Crippen LogP contribution in [0.2, 0.25) is 0 Å². The summed E-state index contributed by atoms with van der Waals surface area (Å²) < 4.78 is 0. The van der Waals surface area contributed by atoms with E-state index in [9.17, 15) is 10.0 Å². The topological polar surface area (TPSA) is 49.7 Å². The number of nitrogens with zero attached hydrogens (tertiary/aromatic N) is 1. The van der Waals surface area contributed by atoms with Crippen LogP contribution in [0.25, 0.3) is 0 Å². The molecule has 1 atom stereocenters. The number of aromatic hydroxyl groups is 1. The number of halogens is 1. The van der Waals surface area contributed by atoms with Crippen LogP contribution in [-0.4, -0.2) is 5.11 Å². The van der Waals surface area contributed by atoms with E-state index in [4.69, 9.17) is 11.6 Å². The third-order valence-corrected chi connectivity index (χ3v) is 3.45. The lowest BCUT2D eigenvalue weighted by molar-refractivity contribution is 0.422. The maximum atomic E-state index is 10.7. The fourth-order valence-corrected chi connectivity index (χ4v) is 2.12. The number of phenolic OH excluding ortho intramolecular Hbond substituents is 1. The van der Waals surface area contributed by atoms with Gasteiger partial charge in [0.2, 0.25) is 0 Å². The summed E-state index contributed by atoms with van der Waals surface area (Å²) in [5, 5.41) is 13.4. The molecular weight excluding hydrogens is 262 g/mol. The van der Waals surface area contributed by atoms with Gasteiger partial charge in [-0.1, -0.05) is 53.1 Å². The Morgan fingerprint density at radius 3 is 1.68 bits per heavy atom. The van der Waals surface area contributed by atoms with E-state index in [1.807, 2.05) is 41.5 Å². The number of alkyl halides is 1. The molecule has 1 aromatic rings. The van der Waals surface area contributed by atoms with Gasteiger partial charge in [-0.3, -0.25) is 0 Å². The van der Waals surface area contributed by atoms with E-state index < -0.39 is 5.50 Å². The van der Waals surface area contributed by atoms with Gasteiger partial charge in [0.05, 0.1) is 0 Å². The Labute approximate surface area is 120 Å². The van der Waals surface area contributed by atoms with Crippen LogP contribution in [0.15, 0.2) is 17.3 Å². The van der Waals surface area contributed by atoms with Crippen LogP contribution in [0.5, 0.6) is 5.75 Å². The lowest BCUT2D eigenvalue weighted by Crippen LogP contribution is -2.18. The van der Waals surface area contributed by atoms with Crippen molar-refractivity contribution in [1.82, 2.24) is 0 Å². The van der Waals surface area contributed by atoms with Gasteiger partial charge in [0, 0.05) is 0 Å². The van der Waals surface area contributed by atoms with Gasteiger partial charge < -0.3 is 5.11 Å². The number of benzene rings is 1. The van der Waals surface area contributed by atoms with Gasteiger partial charge in [0.25, 0.3) is 0 Å². The van der Waals surface area contributed by atoms with Crippen molar-refractivity contribution < 1.29 is 5.11 Å². The molecule has 0 heterocycles. The average molecular weight is 284 g/mol. The fourth-order valence-electron chi connectivity index (χ4n) is 2.00. The maximum Gasteiger partial charge on any atom is 0.190 e. The quantitative estimate of drug-likeness (QED) is 0.472. The second kappa shape index (κ2) is 5.12. The van der Waals surface area contributed by atoms with Crippen molar-refractivity contribution in [3.8, 4) is 5.75 Å². The standard InChI is InChI=1S/C15H22ClNO2/c1-14(2,3)10-7-9(13(16)17-19)8-11(12(10)18)15(4,5)6/h7-8,13,18H,1-6H3. The molecule has 0 saturated carbocycles.